The van der Waals surface area contributed by atoms with Crippen LogP contribution in [0, 0.1) is 28.4 Å². The molecule has 1 aromatic carbocycles. The van der Waals surface area contributed by atoms with Gasteiger partial charge >= 0.3 is 5.97 Å². The number of rotatable bonds is 4. The summed E-state index contributed by atoms with van der Waals surface area (Å²) in [4.78, 5) is 36.4. The maximum absolute atomic E-state index is 12.7. The van der Waals surface area contributed by atoms with Crippen molar-refractivity contribution in [1.29, 1.82) is 0 Å². The average molecular weight is 320 g/mol. The molecular formula is C16H20N2O5. The highest BCUT2D eigenvalue weighted by Gasteiger charge is 2.49. The van der Waals surface area contributed by atoms with E-state index in [1.165, 1.54) is 11.0 Å². The van der Waals surface area contributed by atoms with Gasteiger partial charge in [-0.05, 0) is 25.3 Å². The van der Waals surface area contributed by atoms with Crippen LogP contribution in [-0.4, -0.2) is 39.9 Å². The summed E-state index contributed by atoms with van der Waals surface area (Å²) in [5.74, 6) is -1.55. The van der Waals surface area contributed by atoms with E-state index in [1.807, 2.05) is 13.8 Å². The first-order valence-corrected chi connectivity index (χ1v) is 7.47. The second kappa shape index (κ2) is 5.98. The fourth-order valence-corrected chi connectivity index (χ4v) is 3.14. The van der Waals surface area contributed by atoms with Gasteiger partial charge in [-0.2, -0.15) is 0 Å². The van der Waals surface area contributed by atoms with Crippen molar-refractivity contribution >= 4 is 17.6 Å². The molecule has 23 heavy (non-hydrogen) atoms. The SMILES string of the molecule is Cc1cccc(C(=O)N2CCC(C(=O)O)(C(C)C)C2)c1[N+](=O)[O-]. The van der Waals surface area contributed by atoms with E-state index in [1.54, 1.807) is 19.1 Å². The van der Waals surface area contributed by atoms with E-state index >= 15 is 0 Å². The number of hydrogen-bond donors (Lipinski definition) is 1. The predicted octanol–water partition coefficient (Wildman–Crippen LogP) is 2.48. The van der Waals surface area contributed by atoms with E-state index in [0.29, 0.717) is 12.0 Å². The number of nitro benzene ring substituents is 1. The number of carbonyl (C=O) groups excluding carboxylic acids is 1. The Morgan fingerprint density at radius 3 is 2.52 bits per heavy atom. The molecule has 0 bridgehead atoms. The number of nitro groups is 1. The third kappa shape index (κ3) is 2.78. The normalized spacial score (nSPS) is 20.8. The van der Waals surface area contributed by atoms with E-state index in [4.69, 9.17) is 0 Å². The van der Waals surface area contributed by atoms with Gasteiger partial charge in [0.15, 0.2) is 0 Å². The van der Waals surface area contributed by atoms with Gasteiger partial charge in [0.2, 0.25) is 0 Å². The summed E-state index contributed by atoms with van der Waals surface area (Å²) in [6.45, 7) is 5.57. The van der Waals surface area contributed by atoms with Crippen LogP contribution in [0.1, 0.15) is 36.2 Å². The molecule has 1 aliphatic rings. The Kier molecular flexibility index (Phi) is 4.40. The highest BCUT2D eigenvalue weighted by Crippen LogP contribution is 2.39. The van der Waals surface area contributed by atoms with Crippen molar-refractivity contribution in [2.24, 2.45) is 11.3 Å². The Hall–Kier alpha value is -2.44. The number of carbonyl (C=O) groups is 2. The smallest absolute Gasteiger partial charge is 0.311 e. The van der Waals surface area contributed by atoms with Crippen LogP contribution in [-0.2, 0) is 4.79 Å². The summed E-state index contributed by atoms with van der Waals surface area (Å²) in [7, 11) is 0. The van der Waals surface area contributed by atoms with Crippen LogP contribution in [0.4, 0.5) is 5.69 Å². The number of aryl methyl sites for hydroxylation is 1. The van der Waals surface area contributed by atoms with E-state index in [2.05, 4.69) is 0 Å². The molecule has 0 spiro atoms. The molecule has 1 saturated heterocycles. The lowest BCUT2D eigenvalue weighted by Gasteiger charge is -2.28. The molecule has 1 fully saturated rings. The van der Waals surface area contributed by atoms with E-state index < -0.39 is 22.2 Å². The van der Waals surface area contributed by atoms with Crippen LogP contribution >= 0.6 is 0 Å². The van der Waals surface area contributed by atoms with Gasteiger partial charge < -0.3 is 10.0 Å². The summed E-state index contributed by atoms with van der Waals surface area (Å²) < 4.78 is 0. The van der Waals surface area contributed by atoms with Gasteiger partial charge in [-0.3, -0.25) is 19.7 Å². The molecule has 1 aliphatic heterocycles. The number of nitrogens with zero attached hydrogens (tertiary/aromatic N) is 2. The molecule has 1 N–H and O–H groups in total. The molecule has 1 unspecified atom stereocenters. The Labute approximate surface area is 134 Å². The van der Waals surface area contributed by atoms with Crippen molar-refractivity contribution in [1.82, 2.24) is 4.90 Å². The molecule has 0 aromatic heterocycles. The minimum atomic E-state index is -0.992. The van der Waals surface area contributed by atoms with E-state index in [0.717, 1.165) is 0 Å². The van der Waals surface area contributed by atoms with Crippen molar-refractivity contribution in [3.05, 3.63) is 39.4 Å². The fraction of sp³-hybridized carbons (Fsp3) is 0.500. The first-order valence-electron chi connectivity index (χ1n) is 7.47. The number of para-hydroxylation sites is 1. The molecule has 7 heteroatoms. The topological polar surface area (TPSA) is 101 Å². The minimum Gasteiger partial charge on any atom is -0.481 e. The maximum Gasteiger partial charge on any atom is 0.311 e. The summed E-state index contributed by atoms with van der Waals surface area (Å²) in [6.07, 6.45) is 0.353. The van der Waals surface area contributed by atoms with Crippen LogP contribution < -0.4 is 0 Å². The van der Waals surface area contributed by atoms with Crippen molar-refractivity contribution in [3.63, 3.8) is 0 Å². The molecule has 124 valence electrons. The molecule has 1 atom stereocenters. The van der Waals surface area contributed by atoms with Gasteiger partial charge in [0.25, 0.3) is 11.6 Å². The van der Waals surface area contributed by atoms with Gasteiger partial charge in [-0.25, -0.2) is 0 Å². The fourth-order valence-electron chi connectivity index (χ4n) is 3.14. The molecular weight excluding hydrogens is 300 g/mol. The average Bonchev–Trinajstić information content (AvgIpc) is 2.92. The quantitative estimate of drug-likeness (QED) is 0.678. The third-order valence-electron chi connectivity index (χ3n) is 4.77. The molecule has 0 aliphatic carbocycles. The molecule has 0 radical (unpaired) electrons. The van der Waals surface area contributed by atoms with Gasteiger partial charge in [0, 0.05) is 18.7 Å². The van der Waals surface area contributed by atoms with Gasteiger partial charge in [-0.1, -0.05) is 26.0 Å². The number of aliphatic carboxylic acids is 1. The highest BCUT2D eigenvalue weighted by molar-refractivity contribution is 5.99. The van der Waals surface area contributed by atoms with Gasteiger partial charge in [0.1, 0.15) is 5.56 Å². The van der Waals surface area contributed by atoms with E-state index in [-0.39, 0.29) is 30.3 Å². The number of hydrogen-bond acceptors (Lipinski definition) is 4. The zero-order chi connectivity index (χ0) is 17.4. The largest absolute Gasteiger partial charge is 0.481 e. The van der Waals surface area contributed by atoms with Crippen LogP contribution in [0.2, 0.25) is 0 Å². The Bertz CT molecular complexity index is 670. The van der Waals surface area contributed by atoms with Gasteiger partial charge in [0.05, 0.1) is 10.3 Å². The van der Waals surface area contributed by atoms with Crippen LogP contribution in [0.15, 0.2) is 18.2 Å². The third-order valence-corrected chi connectivity index (χ3v) is 4.77. The number of amides is 1. The first-order chi connectivity index (χ1) is 10.7. The van der Waals surface area contributed by atoms with Crippen molar-refractivity contribution in [2.75, 3.05) is 13.1 Å². The minimum absolute atomic E-state index is 0.0138. The number of likely N-dealkylation sites (tertiary alicyclic amines) is 1. The van der Waals surface area contributed by atoms with Crippen molar-refractivity contribution in [2.45, 2.75) is 27.2 Å². The summed E-state index contributed by atoms with van der Waals surface area (Å²) in [6, 6.07) is 4.59. The standard InChI is InChI=1S/C16H20N2O5/c1-10(2)16(15(20)21)7-8-17(9-16)14(19)12-6-4-5-11(3)13(12)18(22)23/h4-6,10H,7-9H2,1-3H3,(H,20,21). The van der Waals surface area contributed by atoms with Crippen molar-refractivity contribution < 1.29 is 19.6 Å². The molecule has 2 rings (SSSR count). The Balaban J connectivity index is 2.36. The Morgan fingerprint density at radius 2 is 2.04 bits per heavy atom. The number of benzene rings is 1. The molecule has 1 aromatic rings. The number of carboxylic acid groups (broad SMARTS) is 1. The molecule has 1 amide bonds. The molecule has 1 heterocycles. The first kappa shape index (κ1) is 16.9. The monoisotopic (exact) mass is 320 g/mol. The maximum atomic E-state index is 12.7. The summed E-state index contributed by atoms with van der Waals surface area (Å²) >= 11 is 0. The molecule has 0 saturated carbocycles. The highest BCUT2D eigenvalue weighted by atomic mass is 16.6. The van der Waals surface area contributed by atoms with Crippen molar-refractivity contribution in [3.8, 4) is 0 Å². The lowest BCUT2D eigenvalue weighted by Crippen LogP contribution is -2.40. The summed E-state index contributed by atoms with van der Waals surface area (Å²) in [5, 5.41) is 20.8. The molecule has 7 nitrogen and oxygen atoms in total. The van der Waals surface area contributed by atoms with Crippen LogP contribution in [0.5, 0.6) is 0 Å². The van der Waals surface area contributed by atoms with E-state index in [9.17, 15) is 24.8 Å². The zero-order valence-electron chi connectivity index (χ0n) is 13.4. The summed E-state index contributed by atoms with van der Waals surface area (Å²) in [5.41, 5.74) is -0.780. The lowest BCUT2D eigenvalue weighted by atomic mass is 9.76. The van der Waals surface area contributed by atoms with Crippen LogP contribution in [0.3, 0.4) is 0 Å². The second-order valence-electron chi connectivity index (χ2n) is 6.32. The lowest BCUT2D eigenvalue weighted by molar-refractivity contribution is -0.385. The predicted molar refractivity (Wildman–Crippen MR) is 83.3 cm³/mol. The van der Waals surface area contributed by atoms with Crippen LogP contribution in [0.25, 0.3) is 0 Å². The zero-order valence-corrected chi connectivity index (χ0v) is 13.4. The Morgan fingerprint density at radius 1 is 1.39 bits per heavy atom. The van der Waals surface area contributed by atoms with Gasteiger partial charge in [-0.15, -0.1) is 0 Å². The second-order valence-corrected chi connectivity index (χ2v) is 6.32. The number of carboxylic acids is 1.